The zero-order valence-corrected chi connectivity index (χ0v) is 9.40. The zero-order valence-electron chi connectivity index (χ0n) is 9.40. The van der Waals surface area contributed by atoms with Gasteiger partial charge < -0.3 is 15.7 Å². The SMILES string of the molecule is COC(C)CN(CC(N)=NO)C(C)C. The summed E-state index contributed by atoms with van der Waals surface area (Å²) in [4.78, 5) is 2.09. The molecule has 1 unspecified atom stereocenters. The first-order chi connectivity index (χ1) is 6.51. The summed E-state index contributed by atoms with van der Waals surface area (Å²) in [6, 6.07) is 0.341. The van der Waals surface area contributed by atoms with Crippen LogP contribution in [0.1, 0.15) is 20.8 Å². The van der Waals surface area contributed by atoms with Gasteiger partial charge in [-0.2, -0.15) is 0 Å². The summed E-state index contributed by atoms with van der Waals surface area (Å²) in [6.45, 7) is 7.34. The molecule has 3 N–H and O–H groups in total. The van der Waals surface area contributed by atoms with E-state index in [1.807, 2.05) is 6.92 Å². The summed E-state index contributed by atoms with van der Waals surface area (Å²) in [5, 5.41) is 11.4. The molecule has 0 radical (unpaired) electrons. The summed E-state index contributed by atoms with van der Waals surface area (Å²) >= 11 is 0. The van der Waals surface area contributed by atoms with Gasteiger partial charge in [-0.15, -0.1) is 0 Å². The molecule has 0 saturated carbocycles. The Kier molecular flexibility index (Phi) is 6.23. The van der Waals surface area contributed by atoms with Crippen molar-refractivity contribution in [3.63, 3.8) is 0 Å². The van der Waals surface area contributed by atoms with E-state index < -0.39 is 0 Å². The molecule has 0 aromatic heterocycles. The van der Waals surface area contributed by atoms with Crippen LogP contribution in [0.4, 0.5) is 0 Å². The third-order valence-electron chi connectivity index (χ3n) is 2.12. The van der Waals surface area contributed by atoms with Crippen molar-refractivity contribution in [2.45, 2.75) is 32.9 Å². The van der Waals surface area contributed by atoms with Crippen molar-refractivity contribution in [2.24, 2.45) is 10.9 Å². The zero-order chi connectivity index (χ0) is 11.1. The number of hydrogen-bond acceptors (Lipinski definition) is 4. The van der Waals surface area contributed by atoms with Crippen molar-refractivity contribution >= 4 is 5.84 Å². The molecule has 0 amide bonds. The van der Waals surface area contributed by atoms with Crippen LogP contribution in [0.5, 0.6) is 0 Å². The second-order valence-corrected chi connectivity index (χ2v) is 3.66. The quantitative estimate of drug-likeness (QED) is 0.285. The van der Waals surface area contributed by atoms with Gasteiger partial charge in [0.15, 0.2) is 5.84 Å². The van der Waals surface area contributed by atoms with Crippen LogP contribution < -0.4 is 5.73 Å². The van der Waals surface area contributed by atoms with E-state index in [0.29, 0.717) is 12.6 Å². The molecule has 0 aromatic carbocycles. The summed E-state index contributed by atoms with van der Waals surface area (Å²) in [5.41, 5.74) is 5.45. The van der Waals surface area contributed by atoms with Crippen LogP contribution in [0.3, 0.4) is 0 Å². The van der Waals surface area contributed by atoms with E-state index >= 15 is 0 Å². The molecule has 1 atom stereocenters. The summed E-state index contributed by atoms with van der Waals surface area (Å²) < 4.78 is 5.16. The Hall–Kier alpha value is -0.810. The highest BCUT2D eigenvalue weighted by Crippen LogP contribution is 2.01. The minimum atomic E-state index is 0.142. The fraction of sp³-hybridized carbons (Fsp3) is 0.889. The molecule has 0 aromatic rings. The fourth-order valence-corrected chi connectivity index (χ4v) is 1.10. The number of hydrogen-bond donors (Lipinski definition) is 2. The standard InChI is InChI=1S/C9H21N3O2/c1-7(2)12(5-8(3)14-4)6-9(10)11-13/h7-8,13H,5-6H2,1-4H3,(H2,10,11). The average molecular weight is 203 g/mol. The van der Waals surface area contributed by atoms with Crippen LogP contribution in [0.2, 0.25) is 0 Å². The van der Waals surface area contributed by atoms with Gasteiger partial charge in [0, 0.05) is 19.7 Å². The smallest absolute Gasteiger partial charge is 0.153 e. The highest BCUT2D eigenvalue weighted by Gasteiger charge is 2.14. The van der Waals surface area contributed by atoms with Gasteiger partial charge in [0.25, 0.3) is 0 Å². The Balaban J connectivity index is 4.16. The molecule has 0 aliphatic carbocycles. The van der Waals surface area contributed by atoms with Crippen molar-refractivity contribution in [3.8, 4) is 0 Å². The van der Waals surface area contributed by atoms with Gasteiger partial charge in [-0.25, -0.2) is 0 Å². The molecule has 0 spiro atoms. The van der Waals surface area contributed by atoms with Crippen molar-refractivity contribution in [1.82, 2.24) is 4.90 Å². The Morgan fingerprint density at radius 1 is 1.50 bits per heavy atom. The summed E-state index contributed by atoms with van der Waals surface area (Å²) in [6.07, 6.45) is 0.142. The Bertz CT molecular complexity index is 183. The Labute approximate surface area is 85.5 Å². The number of ether oxygens (including phenoxy) is 1. The van der Waals surface area contributed by atoms with E-state index in [1.165, 1.54) is 0 Å². The molecular weight excluding hydrogens is 182 g/mol. The second-order valence-electron chi connectivity index (χ2n) is 3.66. The average Bonchev–Trinajstić information content (AvgIpc) is 2.16. The number of nitrogens with two attached hydrogens (primary N) is 1. The van der Waals surface area contributed by atoms with E-state index in [0.717, 1.165) is 6.54 Å². The maximum atomic E-state index is 8.46. The first-order valence-electron chi connectivity index (χ1n) is 4.74. The van der Waals surface area contributed by atoms with Crippen molar-refractivity contribution < 1.29 is 9.94 Å². The van der Waals surface area contributed by atoms with Crippen molar-refractivity contribution in [3.05, 3.63) is 0 Å². The third-order valence-corrected chi connectivity index (χ3v) is 2.12. The van der Waals surface area contributed by atoms with Crippen LogP contribution in [0.15, 0.2) is 5.16 Å². The lowest BCUT2D eigenvalue weighted by Crippen LogP contribution is -2.42. The summed E-state index contributed by atoms with van der Waals surface area (Å²) in [7, 11) is 1.67. The lowest BCUT2D eigenvalue weighted by atomic mass is 10.2. The van der Waals surface area contributed by atoms with Crippen LogP contribution in [-0.2, 0) is 4.74 Å². The fourth-order valence-electron chi connectivity index (χ4n) is 1.10. The van der Waals surface area contributed by atoms with E-state index in [4.69, 9.17) is 15.7 Å². The highest BCUT2D eigenvalue weighted by molar-refractivity contribution is 5.81. The van der Waals surface area contributed by atoms with Gasteiger partial charge in [0.1, 0.15) is 0 Å². The van der Waals surface area contributed by atoms with Gasteiger partial charge in [0.2, 0.25) is 0 Å². The highest BCUT2D eigenvalue weighted by atomic mass is 16.5. The van der Waals surface area contributed by atoms with Gasteiger partial charge >= 0.3 is 0 Å². The number of methoxy groups -OCH3 is 1. The third kappa shape index (κ3) is 5.04. The van der Waals surface area contributed by atoms with E-state index in [2.05, 4.69) is 23.9 Å². The predicted octanol–water partition coefficient (Wildman–Crippen LogP) is 0.478. The van der Waals surface area contributed by atoms with Gasteiger partial charge in [-0.05, 0) is 20.8 Å². The number of rotatable bonds is 6. The lowest BCUT2D eigenvalue weighted by molar-refractivity contribution is 0.0719. The number of nitrogens with zero attached hydrogens (tertiary/aromatic N) is 2. The molecule has 84 valence electrons. The number of oxime groups is 1. The molecule has 0 aliphatic heterocycles. The first kappa shape index (κ1) is 13.2. The monoisotopic (exact) mass is 203 g/mol. The van der Waals surface area contributed by atoms with Crippen LogP contribution in [0, 0.1) is 0 Å². The van der Waals surface area contributed by atoms with Gasteiger partial charge in [0.05, 0.1) is 12.6 Å². The molecule has 5 heteroatoms. The van der Waals surface area contributed by atoms with E-state index in [9.17, 15) is 0 Å². The lowest BCUT2D eigenvalue weighted by Gasteiger charge is -2.27. The summed E-state index contributed by atoms with van der Waals surface area (Å²) in [5.74, 6) is 0.224. The maximum absolute atomic E-state index is 8.46. The first-order valence-corrected chi connectivity index (χ1v) is 4.74. The maximum Gasteiger partial charge on any atom is 0.153 e. The molecule has 0 heterocycles. The topological polar surface area (TPSA) is 71.1 Å². The Morgan fingerprint density at radius 2 is 2.07 bits per heavy atom. The molecule has 14 heavy (non-hydrogen) atoms. The van der Waals surface area contributed by atoms with Crippen LogP contribution in [0.25, 0.3) is 0 Å². The molecule has 0 saturated heterocycles. The molecule has 0 rings (SSSR count). The van der Waals surface area contributed by atoms with Crippen LogP contribution >= 0.6 is 0 Å². The molecule has 0 bridgehead atoms. The number of amidine groups is 1. The van der Waals surface area contributed by atoms with Gasteiger partial charge in [-0.3, -0.25) is 4.90 Å². The molecule has 5 nitrogen and oxygen atoms in total. The van der Waals surface area contributed by atoms with Crippen LogP contribution in [-0.4, -0.2) is 48.3 Å². The second kappa shape index (κ2) is 6.62. The minimum Gasteiger partial charge on any atom is -0.409 e. The van der Waals surface area contributed by atoms with E-state index in [1.54, 1.807) is 7.11 Å². The largest absolute Gasteiger partial charge is 0.409 e. The predicted molar refractivity (Wildman–Crippen MR) is 56.6 cm³/mol. The van der Waals surface area contributed by atoms with E-state index in [-0.39, 0.29) is 11.9 Å². The van der Waals surface area contributed by atoms with Crippen molar-refractivity contribution in [1.29, 1.82) is 0 Å². The van der Waals surface area contributed by atoms with Crippen molar-refractivity contribution in [2.75, 3.05) is 20.2 Å². The minimum absolute atomic E-state index is 0.142. The normalized spacial score (nSPS) is 15.1. The van der Waals surface area contributed by atoms with Gasteiger partial charge in [-0.1, -0.05) is 5.16 Å². The molecule has 0 aliphatic rings. The molecular formula is C9H21N3O2. The molecule has 0 fully saturated rings. The Morgan fingerprint density at radius 3 is 2.43 bits per heavy atom.